The van der Waals surface area contributed by atoms with Gasteiger partial charge in [-0.1, -0.05) is 35.9 Å². The highest BCUT2D eigenvalue weighted by Crippen LogP contribution is 2.34. The SMILES string of the molecule is O=C(Nc1cccc(-c2cccc(-c3ccc4c(c3)OCCO4)n2)c1)c1cccc(Cl)c1. The third-order valence-electron chi connectivity index (χ3n) is 5.09. The van der Waals surface area contributed by atoms with Crippen LogP contribution < -0.4 is 14.8 Å². The van der Waals surface area contributed by atoms with Crippen LogP contribution in [0.2, 0.25) is 5.02 Å². The summed E-state index contributed by atoms with van der Waals surface area (Å²) in [6.07, 6.45) is 0. The number of aromatic nitrogens is 1. The number of hydrogen-bond donors (Lipinski definition) is 1. The number of ether oxygens (including phenoxy) is 2. The van der Waals surface area contributed by atoms with Crippen molar-refractivity contribution < 1.29 is 14.3 Å². The third kappa shape index (κ3) is 4.29. The van der Waals surface area contributed by atoms with Crippen LogP contribution in [-0.2, 0) is 0 Å². The lowest BCUT2D eigenvalue weighted by atomic mass is 10.1. The molecule has 0 bridgehead atoms. The van der Waals surface area contributed by atoms with E-state index in [0.29, 0.717) is 29.5 Å². The van der Waals surface area contributed by atoms with Gasteiger partial charge >= 0.3 is 0 Å². The number of carbonyl (C=O) groups is 1. The summed E-state index contributed by atoms with van der Waals surface area (Å²) in [6, 6.07) is 26.1. The Labute approximate surface area is 190 Å². The molecule has 0 aliphatic carbocycles. The van der Waals surface area contributed by atoms with E-state index in [1.807, 2.05) is 60.7 Å². The van der Waals surface area contributed by atoms with Crippen molar-refractivity contribution in [3.63, 3.8) is 0 Å². The Balaban J connectivity index is 1.40. The number of halogens is 1. The first kappa shape index (κ1) is 20.1. The molecule has 1 aromatic heterocycles. The van der Waals surface area contributed by atoms with Gasteiger partial charge in [-0.05, 0) is 60.7 Å². The number of rotatable bonds is 4. The van der Waals surface area contributed by atoms with Gasteiger partial charge in [-0.2, -0.15) is 0 Å². The second-order valence-electron chi connectivity index (χ2n) is 7.31. The normalized spacial score (nSPS) is 12.3. The van der Waals surface area contributed by atoms with Crippen LogP contribution in [-0.4, -0.2) is 24.1 Å². The Morgan fingerprint density at radius 2 is 1.50 bits per heavy atom. The van der Waals surface area contributed by atoms with E-state index in [0.717, 1.165) is 34.0 Å². The van der Waals surface area contributed by atoms with E-state index in [4.69, 9.17) is 26.1 Å². The molecule has 0 saturated heterocycles. The van der Waals surface area contributed by atoms with Gasteiger partial charge in [0.2, 0.25) is 0 Å². The van der Waals surface area contributed by atoms with E-state index in [-0.39, 0.29) is 5.91 Å². The van der Waals surface area contributed by atoms with Crippen LogP contribution in [0.5, 0.6) is 11.5 Å². The molecule has 1 aliphatic rings. The second kappa shape index (κ2) is 8.73. The van der Waals surface area contributed by atoms with E-state index in [2.05, 4.69) is 5.32 Å². The summed E-state index contributed by atoms with van der Waals surface area (Å²) < 4.78 is 11.3. The summed E-state index contributed by atoms with van der Waals surface area (Å²) in [6.45, 7) is 1.10. The maximum Gasteiger partial charge on any atom is 0.255 e. The highest BCUT2D eigenvalue weighted by atomic mass is 35.5. The lowest BCUT2D eigenvalue weighted by Crippen LogP contribution is -2.15. The maximum absolute atomic E-state index is 12.6. The van der Waals surface area contributed by atoms with Gasteiger partial charge < -0.3 is 14.8 Å². The smallest absolute Gasteiger partial charge is 0.255 e. The minimum Gasteiger partial charge on any atom is -0.486 e. The molecule has 5 nitrogen and oxygen atoms in total. The Bertz CT molecular complexity index is 1310. The molecule has 3 aromatic carbocycles. The van der Waals surface area contributed by atoms with Crippen molar-refractivity contribution in [2.45, 2.75) is 0 Å². The first-order chi connectivity index (χ1) is 15.7. The molecule has 5 rings (SSSR count). The van der Waals surface area contributed by atoms with Gasteiger partial charge in [-0.25, -0.2) is 4.98 Å². The van der Waals surface area contributed by atoms with Crippen molar-refractivity contribution in [1.29, 1.82) is 0 Å². The van der Waals surface area contributed by atoms with Crippen LogP contribution in [0, 0.1) is 0 Å². The van der Waals surface area contributed by atoms with Crippen molar-refractivity contribution in [3.8, 4) is 34.0 Å². The van der Waals surface area contributed by atoms with Gasteiger partial charge in [-0.15, -0.1) is 0 Å². The van der Waals surface area contributed by atoms with Gasteiger partial charge in [0.05, 0.1) is 11.4 Å². The molecule has 1 aliphatic heterocycles. The molecule has 0 atom stereocenters. The van der Waals surface area contributed by atoms with E-state index in [1.54, 1.807) is 24.3 Å². The first-order valence-electron chi connectivity index (χ1n) is 10.2. The maximum atomic E-state index is 12.6. The Morgan fingerprint density at radius 1 is 0.781 bits per heavy atom. The monoisotopic (exact) mass is 442 g/mol. The molecule has 6 heteroatoms. The van der Waals surface area contributed by atoms with Gasteiger partial charge in [0, 0.05) is 27.4 Å². The van der Waals surface area contributed by atoms with E-state index >= 15 is 0 Å². The molecule has 1 amide bonds. The molecular weight excluding hydrogens is 424 g/mol. The Hall–Kier alpha value is -3.83. The molecule has 0 fully saturated rings. The number of nitrogens with zero attached hydrogens (tertiary/aromatic N) is 1. The number of hydrogen-bond acceptors (Lipinski definition) is 4. The summed E-state index contributed by atoms with van der Waals surface area (Å²) in [7, 11) is 0. The zero-order valence-electron chi connectivity index (χ0n) is 17.0. The standard InChI is InChI=1S/C26H19ClN2O3/c27-20-6-1-5-19(14-20)26(30)28-21-7-2-4-17(15-21)22-8-3-9-23(29-22)18-10-11-24-25(16-18)32-13-12-31-24/h1-11,14-16H,12-13H2,(H,28,30). The summed E-state index contributed by atoms with van der Waals surface area (Å²) in [5, 5.41) is 3.44. The quantitative estimate of drug-likeness (QED) is 0.415. The predicted molar refractivity (Wildman–Crippen MR) is 126 cm³/mol. The average molecular weight is 443 g/mol. The molecule has 0 spiro atoms. The highest BCUT2D eigenvalue weighted by Gasteiger charge is 2.13. The van der Waals surface area contributed by atoms with E-state index in [1.165, 1.54) is 0 Å². The van der Waals surface area contributed by atoms with Crippen LogP contribution in [0.4, 0.5) is 5.69 Å². The van der Waals surface area contributed by atoms with Crippen molar-refractivity contribution in [2.24, 2.45) is 0 Å². The summed E-state index contributed by atoms with van der Waals surface area (Å²) in [4.78, 5) is 17.4. The predicted octanol–water partition coefficient (Wildman–Crippen LogP) is 6.09. The van der Waals surface area contributed by atoms with E-state index < -0.39 is 0 Å². The number of carbonyl (C=O) groups excluding carboxylic acids is 1. The fourth-order valence-electron chi connectivity index (χ4n) is 3.55. The van der Waals surface area contributed by atoms with Crippen molar-refractivity contribution >= 4 is 23.2 Å². The van der Waals surface area contributed by atoms with Crippen LogP contribution in [0.25, 0.3) is 22.5 Å². The molecule has 0 unspecified atom stereocenters. The average Bonchev–Trinajstić information content (AvgIpc) is 2.84. The molecule has 0 radical (unpaired) electrons. The fraction of sp³-hybridized carbons (Fsp3) is 0.0769. The molecule has 2 heterocycles. The zero-order chi connectivity index (χ0) is 21.9. The van der Waals surface area contributed by atoms with Gasteiger partial charge in [0.1, 0.15) is 13.2 Å². The molecule has 1 N–H and O–H groups in total. The van der Waals surface area contributed by atoms with Crippen molar-refractivity contribution in [2.75, 3.05) is 18.5 Å². The number of anilines is 1. The van der Waals surface area contributed by atoms with Crippen LogP contribution in [0.1, 0.15) is 10.4 Å². The number of pyridine rings is 1. The van der Waals surface area contributed by atoms with Crippen molar-refractivity contribution in [3.05, 3.63) is 95.5 Å². The van der Waals surface area contributed by atoms with Crippen LogP contribution in [0.15, 0.2) is 84.9 Å². The molecule has 158 valence electrons. The lowest BCUT2D eigenvalue weighted by molar-refractivity contribution is 0.102. The molecule has 4 aromatic rings. The molecule has 32 heavy (non-hydrogen) atoms. The summed E-state index contributed by atoms with van der Waals surface area (Å²) >= 11 is 6.00. The highest BCUT2D eigenvalue weighted by molar-refractivity contribution is 6.31. The van der Waals surface area contributed by atoms with Crippen molar-refractivity contribution in [1.82, 2.24) is 4.98 Å². The number of fused-ring (bicyclic) bond motifs is 1. The number of nitrogens with one attached hydrogen (secondary N) is 1. The van der Waals surface area contributed by atoms with Crippen LogP contribution in [0.3, 0.4) is 0 Å². The topological polar surface area (TPSA) is 60.5 Å². The lowest BCUT2D eigenvalue weighted by Gasteiger charge is -2.18. The van der Waals surface area contributed by atoms with Gasteiger partial charge in [0.15, 0.2) is 11.5 Å². The fourth-order valence-corrected chi connectivity index (χ4v) is 3.74. The van der Waals surface area contributed by atoms with Crippen LogP contribution >= 0.6 is 11.6 Å². The largest absolute Gasteiger partial charge is 0.486 e. The van der Waals surface area contributed by atoms with Gasteiger partial charge in [-0.3, -0.25) is 4.79 Å². The first-order valence-corrected chi connectivity index (χ1v) is 10.6. The Morgan fingerprint density at radius 3 is 2.31 bits per heavy atom. The summed E-state index contributed by atoms with van der Waals surface area (Å²) in [5.41, 5.74) is 4.65. The number of benzene rings is 3. The minimum absolute atomic E-state index is 0.220. The molecule has 0 saturated carbocycles. The third-order valence-corrected chi connectivity index (χ3v) is 5.33. The minimum atomic E-state index is -0.220. The summed E-state index contributed by atoms with van der Waals surface area (Å²) in [5.74, 6) is 1.26. The Kier molecular flexibility index (Phi) is 5.48. The zero-order valence-corrected chi connectivity index (χ0v) is 17.8. The molecular formula is C26H19ClN2O3. The van der Waals surface area contributed by atoms with Gasteiger partial charge in [0.25, 0.3) is 5.91 Å². The second-order valence-corrected chi connectivity index (χ2v) is 7.75. The number of amides is 1. The van der Waals surface area contributed by atoms with E-state index in [9.17, 15) is 4.79 Å².